The highest BCUT2D eigenvalue weighted by molar-refractivity contribution is 6.42. The number of benzene rings is 2. The van der Waals surface area contributed by atoms with Gasteiger partial charge in [0, 0.05) is 43.9 Å². The van der Waals surface area contributed by atoms with Crippen molar-refractivity contribution in [3.8, 4) is 5.75 Å². The number of amides is 1. The van der Waals surface area contributed by atoms with Crippen molar-refractivity contribution in [2.75, 3.05) is 33.3 Å². The Labute approximate surface area is 230 Å². The van der Waals surface area contributed by atoms with Gasteiger partial charge in [-0.2, -0.15) is 0 Å². The summed E-state index contributed by atoms with van der Waals surface area (Å²) in [5.74, 6) is -1.58. The molecule has 0 saturated carbocycles. The van der Waals surface area contributed by atoms with Crippen molar-refractivity contribution in [1.29, 1.82) is 0 Å². The van der Waals surface area contributed by atoms with E-state index in [0.717, 1.165) is 36.3 Å². The third kappa shape index (κ3) is 7.94. The zero-order valence-corrected chi connectivity index (χ0v) is 22.4. The second kappa shape index (κ2) is 13.6. The first kappa shape index (κ1) is 29.4. The number of fused-ring (bicyclic) bond motifs is 1. The van der Waals surface area contributed by atoms with Crippen LogP contribution in [-0.4, -0.2) is 82.4 Å². The molecule has 2 aromatic carbocycles. The molecule has 2 unspecified atom stereocenters. The number of rotatable bonds is 7. The second-order valence-electron chi connectivity index (χ2n) is 9.02. The number of hydrogen-bond acceptors (Lipinski definition) is 6. The molecule has 9 nitrogen and oxygen atoms in total. The smallest absolute Gasteiger partial charge is 0.328 e. The van der Waals surface area contributed by atoms with Crippen LogP contribution in [0.5, 0.6) is 5.75 Å². The number of carbonyl (C=O) groups excluding carboxylic acids is 1. The van der Waals surface area contributed by atoms with E-state index in [0.29, 0.717) is 41.8 Å². The highest BCUT2D eigenvalue weighted by atomic mass is 35.5. The lowest BCUT2D eigenvalue weighted by molar-refractivity contribution is -0.134. The number of carboxylic acids is 2. The van der Waals surface area contributed by atoms with Crippen LogP contribution in [0.25, 0.3) is 0 Å². The molecule has 0 radical (unpaired) electrons. The summed E-state index contributed by atoms with van der Waals surface area (Å²) >= 11 is 12.2. The zero-order chi connectivity index (χ0) is 27.8. The minimum Gasteiger partial charge on any atom is -0.496 e. The molecule has 1 saturated heterocycles. The van der Waals surface area contributed by atoms with Gasteiger partial charge < -0.3 is 25.0 Å². The number of hydrogen-bond donors (Lipinski definition) is 3. The number of halogens is 2. The predicted molar refractivity (Wildman–Crippen MR) is 143 cm³/mol. The third-order valence-corrected chi connectivity index (χ3v) is 7.17. The molecule has 2 aliphatic rings. The molecule has 2 aromatic rings. The average molecular weight is 565 g/mol. The highest BCUT2D eigenvalue weighted by Gasteiger charge is 2.34. The van der Waals surface area contributed by atoms with Gasteiger partial charge in [-0.05, 0) is 42.2 Å². The summed E-state index contributed by atoms with van der Waals surface area (Å²) in [6, 6.07) is 11.3. The lowest BCUT2D eigenvalue weighted by Crippen LogP contribution is -2.45. The normalized spacial score (nSPS) is 19.0. The topological polar surface area (TPSA) is 128 Å². The third-order valence-electron chi connectivity index (χ3n) is 6.43. The number of carboxylic acid groups (broad SMARTS) is 2. The Morgan fingerprint density at radius 2 is 1.76 bits per heavy atom. The van der Waals surface area contributed by atoms with E-state index in [4.69, 9.17) is 38.2 Å². The van der Waals surface area contributed by atoms with Gasteiger partial charge in [-0.3, -0.25) is 9.69 Å². The molecule has 0 aliphatic carbocycles. The van der Waals surface area contributed by atoms with Gasteiger partial charge in [0.2, 0.25) is 5.91 Å². The first-order valence-corrected chi connectivity index (χ1v) is 12.8. The predicted octanol–water partition coefficient (Wildman–Crippen LogP) is 3.45. The Hall–Kier alpha value is -3.11. The number of aliphatic carboxylic acids is 2. The maximum absolute atomic E-state index is 13.3. The van der Waals surface area contributed by atoms with Gasteiger partial charge in [0.25, 0.3) is 0 Å². The Kier molecular flexibility index (Phi) is 10.6. The summed E-state index contributed by atoms with van der Waals surface area (Å²) in [4.78, 5) is 36.6. The van der Waals surface area contributed by atoms with E-state index < -0.39 is 11.9 Å². The molecule has 4 rings (SSSR count). The van der Waals surface area contributed by atoms with E-state index in [9.17, 15) is 19.5 Å². The van der Waals surface area contributed by atoms with Crippen molar-refractivity contribution in [3.63, 3.8) is 0 Å². The van der Waals surface area contributed by atoms with Crippen LogP contribution in [0, 0.1) is 0 Å². The summed E-state index contributed by atoms with van der Waals surface area (Å²) in [6.07, 6.45) is 2.62. The standard InChI is InChI=1S/C23H26Cl2N2O3.C4H4O4/c1-30-22-4-2-3-17-18(22)8-10-27(21(17)14-26-9-7-16(28)13-26)23(29)12-15-5-6-19(24)20(25)11-15;5-3(6)1-2-4(7)8/h2-6,11,16,21,28H,7-10,12-14H2,1H3;1-2H,(H,5,6)(H,7,8). The van der Waals surface area contributed by atoms with Gasteiger partial charge in [0.1, 0.15) is 5.75 Å². The van der Waals surface area contributed by atoms with Crippen LogP contribution in [0.1, 0.15) is 29.2 Å². The van der Waals surface area contributed by atoms with Crippen molar-refractivity contribution in [2.45, 2.75) is 31.4 Å². The van der Waals surface area contributed by atoms with E-state index >= 15 is 0 Å². The molecule has 2 atom stereocenters. The van der Waals surface area contributed by atoms with E-state index in [1.54, 1.807) is 19.2 Å². The van der Waals surface area contributed by atoms with Crippen molar-refractivity contribution in [3.05, 3.63) is 75.3 Å². The molecular formula is C27H30Cl2N2O7. The Morgan fingerprint density at radius 3 is 2.34 bits per heavy atom. The second-order valence-corrected chi connectivity index (χ2v) is 9.83. The van der Waals surface area contributed by atoms with Crippen LogP contribution < -0.4 is 4.74 Å². The first-order valence-electron chi connectivity index (χ1n) is 12.0. The summed E-state index contributed by atoms with van der Waals surface area (Å²) < 4.78 is 5.58. The highest BCUT2D eigenvalue weighted by Crippen LogP contribution is 2.36. The molecule has 0 bridgehead atoms. The summed E-state index contributed by atoms with van der Waals surface area (Å²) in [7, 11) is 1.68. The van der Waals surface area contributed by atoms with E-state index in [-0.39, 0.29) is 24.5 Å². The van der Waals surface area contributed by atoms with Crippen molar-refractivity contribution >= 4 is 41.0 Å². The van der Waals surface area contributed by atoms with Gasteiger partial charge >= 0.3 is 11.9 Å². The molecule has 2 aliphatic heterocycles. The molecule has 11 heteroatoms. The van der Waals surface area contributed by atoms with Gasteiger partial charge in [-0.1, -0.05) is 41.4 Å². The van der Waals surface area contributed by atoms with Crippen LogP contribution in [0.2, 0.25) is 10.0 Å². The van der Waals surface area contributed by atoms with Crippen LogP contribution in [0.4, 0.5) is 0 Å². The maximum Gasteiger partial charge on any atom is 0.328 e. The van der Waals surface area contributed by atoms with Crippen molar-refractivity contribution in [2.24, 2.45) is 0 Å². The molecule has 204 valence electrons. The van der Waals surface area contributed by atoms with E-state index in [2.05, 4.69) is 11.0 Å². The van der Waals surface area contributed by atoms with Gasteiger partial charge in [0.05, 0.1) is 35.7 Å². The summed E-state index contributed by atoms with van der Waals surface area (Å²) in [5, 5.41) is 26.5. The molecule has 0 spiro atoms. The van der Waals surface area contributed by atoms with Gasteiger partial charge in [-0.15, -0.1) is 0 Å². The fraction of sp³-hybridized carbons (Fsp3) is 0.370. The number of carbonyl (C=O) groups is 3. The number of nitrogens with zero attached hydrogens (tertiary/aromatic N) is 2. The lowest BCUT2D eigenvalue weighted by Gasteiger charge is -2.40. The summed E-state index contributed by atoms with van der Waals surface area (Å²) in [5.41, 5.74) is 3.15. The monoisotopic (exact) mass is 564 g/mol. The largest absolute Gasteiger partial charge is 0.496 e. The molecule has 38 heavy (non-hydrogen) atoms. The molecule has 1 fully saturated rings. The van der Waals surface area contributed by atoms with Crippen LogP contribution in [0.3, 0.4) is 0 Å². The average Bonchev–Trinajstić information content (AvgIpc) is 3.29. The lowest BCUT2D eigenvalue weighted by atomic mass is 9.90. The first-order chi connectivity index (χ1) is 18.1. The Balaban J connectivity index is 0.000000436. The fourth-order valence-corrected chi connectivity index (χ4v) is 5.02. The maximum atomic E-state index is 13.3. The molecule has 0 aromatic heterocycles. The van der Waals surface area contributed by atoms with Crippen LogP contribution in [-0.2, 0) is 27.2 Å². The van der Waals surface area contributed by atoms with Crippen LogP contribution in [0.15, 0.2) is 48.6 Å². The minimum atomic E-state index is -1.26. The quantitative estimate of drug-likeness (QED) is 0.436. The number of likely N-dealkylation sites (tertiary alicyclic amines) is 1. The minimum absolute atomic E-state index is 0.0617. The number of aliphatic hydroxyl groups is 1. The Morgan fingerprint density at radius 1 is 1.05 bits per heavy atom. The zero-order valence-electron chi connectivity index (χ0n) is 20.8. The van der Waals surface area contributed by atoms with Crippen molar-refractivity contribution < 1.29 is 34.4 Å². The molecular weight excluding hydrogens is 535 g/mol. The van der Waals surface area contributed by atoms with E-state index in [1.165, 1.54) is 5.56 Å². The Bertz CT molecular complexity index is 1190. The van der Waals surface area contributed by atoms with Crippen molar-refractivity contribution in [1.82, 2.24) is 9.80 Å². The molecule has 3 N–H and O–H groups in total. The number of ether oxygens (including phenoxy) is 1. The van der Waals surface area contributed by atoms with Gasteiger partial charge in [-0.25, -0.2) is 9.59 Å². The summed E-state index contributed by atoms with van der Waals surface area (Å²) in [6.45, 7) is 2.81. The van der Waals surface area contributed by atoms with Gasteiger partial charge in [0.15, 0.2) is 0 Å². The van der Waals surface area contributed by atoms with Crippen LogP contribution >= 0.6 is 23.2 Å². The number of methoxy groups -OCH3 is 1. The number of aliphatic hydroxyl groups excluding tert-OH is 1. The SMILES string of the molecule is COc1cccc2c1CCN(C(=O)Cc1ccc(Cl)c(Cl)c1)C2CN1CCC(O)C1.O=C(O)C=CC(=O)O. The fourth-order valence-electron chi connectivity index (χ4n) is 4.70. The number of β-amino-alcohol motifs (C(OH)–C–C–N with tert-alkyl or cyclic N) is 1. The molecule has 1 amide bonds. The van der Waals surface area contributed by atoms with E-state index in [1.807, 2.05) is 23.1 Å². The molecule has 2 heterocycles.